The molecule has 0 aromatic heterocycles. The molecule has 0 atom stereocenters. The predicted octanol–water partition coefficient (Wildman–Crippen LogP) is 2.17. The minimum Gasteiger partial charge on any atom is -0.314 e. The lowest BCUT2D eigenvalue weighted by Crippen LogP contribution is -2.24. The molecule has 0 spiro atoms. The summed E-state index contributed by atoms with van der Waals surface area (Å²) in [5, 5.41) is 3.42. The van der Waals surface area contributed by atoms with Crippen molar-refractivity contribution in [3.63, 3.8) is 0 Å². The van der Waals surface area contributed by atoms with Crippen molar-refractivity contribution in [2.24, 2.45) is 4.99 Å². The average molecular weight is 180 g/mol. The zero-order valence-corrected chi connectivity index (χ0v) is 9.15. The van der Waals surface area contributed by atoms with Crippen molar-refractivity contribution in [1.82, 2.24) is 5.32 Å². The molecule has 74 valence electrons. The second-order valence-electron chi connectivity index (χ2n) is 4.02. The van der Waals surface area contributed by atoms with E-state index < -0.39 is 0 Å². The molecule has 0 aliphatic carbocycles. The van der Waals surface area contributed by atoms with Crippen LogP contribution in [0.3, 0.4) is 0 Å². The van der Waals surface area contributed by atoms with E-state index in [0.29, 0.717) is 6.04 Å². The molecule has 1 aliphatic rings. The molecule has 13 heavy (non-hydrogen) atoms. The van der Waals surface area contributed by atoms with Gasteiger partial charge in [-0.2, -0.15) is 0 Å². The quantitative estimate of drug-likeness (QED) is 0.704. The van der Waals surface area contributed by atoms with Gasteiger partial charge in [0.2, 0.25) is 0 Å². The molecule has 2 heteroatoms. The van der Waals surface area contributed by atoms with Crippen molar-refractivity contribution in [2.45, 2.75) is 40.2 Å². The highest BCUT2D eigenvalue weighted by atomic mass is 14.9. The molecule has 0 aromatic rings. The molecule has 1 rings (SSSR count). The van der Waals surface area contributed by atoms with Crippen molar-refractivity contribution < 1.29 is 0 Å². The largest absolute Gasteiger partial charge is 0.314 e. The minimum atomic E-state index is 0.583. The lowest BCUT2D eigenvalue weighted by molar-refractivity contribution is 0.592. The first-order valence-electron chi connectivity index (χ1n) is 5.04. The smallest absolute Gasteiger partial charge is 0.0606 e. The fraction of sp³-hybridized carbons (Fsp3) is 0.727. The highest BCUT2D eigenvalue weighted by Gasteiger charge is 2.11. The van der Waals surface area contributed by atoms with E-state index in [1.165, 1.54) is 16.9 Å². The lowest BCUT2D eigenvalue weighted by atomic mass is 10.0. The van der Waals surface area contributed by atoms with Gasteiger partial charge in [0.15, 0.2) is 0 Å². The van der Waals surface area contributed by atoms with E-state index in [4.69, 9.17) is 0 Å². The van der Waals surface area contributed by atoms with E-state index in [-0.39, 0.29) is 0 Å². The van der Waals surface area contributed by atoms with Gasteiger partial charge in [-0.05, 0) is 38.0 Å². The molecule has 0 fully saturated rings. The Morgan fingerprint density at radius 1 is 1.38 bits per heavy atom. The van der Waals surface area contributed by atoms with E-state index in [1.807, 2.05) is 0 Å². The monoisotopic (exact) mass is 180 g/mol. The van der Waals surface area contributed by atoms with Crippen molar-refractivity contribution >= 4 is 5.71 Å². The van der Waals surface area contributed by atoms with Gasteiger partial charge in [0, 0.05) is 11.8 Å². The Morgan fingerprint density at radius 2 is 2.08 bits per heavy atom. The predicted molar refractivity (Wildman–Crippen MR) is 58.4 cm³/mol. The van der Waals surface area contributed by atoms with E-state index in [9.17, 15) is 0 Å². The molecule has 0 saturated heterocycles. The van der Waals surface area contributed by atoms with Crippen molar-refractivity contribution in [3.8, 4) is 0 Å². The van der Waals surface area contributed by atoms with Crippen molar-refractivity contribution in [3.05, 3.63) is 11.1 Å². The maximum Gasteiger partial charge on any atom is 0.0606 e. The van der Waals surface area contributed by atoms with Crippen LogP contribution in [-0.2, 0) is 0 Å². The molecule has 1 heterocycles. The Morgan fingerprint density at radius 3 is 2.54 bits per heavy atom. The lowest BCUT2D eigenvalue weighted by Gasteiger charge is -2.09. The fourth-order valence-electron chi connectivity index (χ4n) is 1.62. The summed E-state index contributed by atoms with van der Waals surface area (Å²) >= 11 is 0. The third kappa shape index (κ3) is 2.96. The summed E-state index contributed by atoms with van der Waals surface area (Å²) in [7, 11) is 0. The Kier molecular flexibility index (Phi) is 3.67. The Balaban J connectivity index is 2.36. The summed E-state index contributed by atoms with van der Waals surface area (Å²) in [4.78, 5) is 4.41. The number of nitrogens with one attached hydrogen (secondary N) is 1. The first kappa shape index (κ1) is 10.5. The van der Waals surface area contributed by atoms with Gasteiger partial charge < -0.3 is 5.32 Å². The first-order valence-corrected chi connectivity index (χ1v) is 5.04. The maximum absolute atomic E-state index is 4.41. The molecule has 0 bridgehead atoms. The van der Waals surface area contributed by atoms with Crippen LogP contribution in [0.4, 0.5) is 0 Å². The third-order valence-electron chi connectivity index (χ3n) is 2.43. The van der Waals surface area contributed by atoms with Crippen LogP contribution < -0.4 is 5.32 Å². The molecule has 1 aliphatic heterocycles. The number of hydrogen-bond donors (Lipinski definition) is 1. The highest BCUT2D eigenvalue weighted by molar-refractivity contribution is 6.00. The van der Waals surface area contributed by atoms with Gasteiger partial charge in [0.1, 0.15) is 0 Å². The third-order valence-corrected chi connectivity index (χ3v) is 2.43. The highest BCUT2D eigenvalue weighted by Crippen LogP contribution is 2.17. The SMILES string of the molecule is CC1=NCC(C)=C1CCNC(C)C. The Bertz CT molecular complexity index is 236. The molecule has 0 unspecified atom stereocenters. The molecule has 0 radical (unpaired) electrons. The van der Waals surface area contributed by atoms with Gasteiger partial charge in [-0.3, -0.25) is 4.99 Å². The van der Waals surface area contributed by atoms with Crippen molar-refractivity contribution in [1.29, 1.82) is 0 Å². The summed E-state index contributed by atoms with van der Waals surface area (Å²) in [6.07, 6.45) is 1.12. The molecular weight excluding hydrogens is 160 g/mol. The molecule has 2 nitrogen and oxygen atoms in total. The number of rotatable bonds is 4. The molecular formula is C11H20N2. The maximum atomic E-state index is 4.41. The zero-order valence-electron chi connectivity index (χ0n) is 9.15. The van der Waals surface area contributed by atoms with E-state index in [0.717, 1.165) is 19.5 Å². The van der Waals surface area contributed by atoms with Crippen LogP contribution in [0.15, 0.2) is 16.1 Å². The molecule has 0 aromatic carbocycles. The van der Waals surface area contributed by atoms with Gasteiger partial charge >= 0.3 is 0 Å². The van der Waals surface area contributed by atoms with Crippen LogP contribution in [0.25, 0.3) is 0 Å². The summed E-state index contributed by atoms with van der Waals surface area (Å²) in [6.45, 7) is 10.6. The second-order valence-corrected chi connectivity index (χ2v) is 4.02. The van der Waals surface area contributed by atoms with E-state index >= 15 is 0 Å². The fourth-order valence-corrected chi connectivity index (χ4v) is 1.62. The second kappa shape index (κ2) is 4.56. The van der Waals surface area contributed by atoms with Gasteiger partial charge in [-0.25, -0.2) is 0 Å². The number of hydrogen-bond acceptors (Lipinski definition) is 2. The number of aliphatic imine (C=N–C) groups is 1. The molecule has 1 N–H and O–H groups in total. The van der Waals surface area contributed by atoms with Crippen LogP contribution in [0.5, 0.6) is 0 Å². The van der Waals surface area contributed by atoms with Gasteiger partial charge in [-0.15, -0.1) is 0 Å². The zero-order chi connectivity index (χ0) is 9.84. The molecule has 0 amide bonds. The van der Waals surface area contributed by atoms with Gasteiger partial charge in [0.25, 0.3) is 0 Å². The van der Waals surface area contributed by atoms with Crippen LogP contribution in [0.1, 0.15) is 34.1 Å². The van der Waals surface area contributed by atoms with Gasteiger partial charge in [-0.1, -0.05) is 13.8 Å². The Hall–Kier alpha value is -0.630. The Labute approximate surface area is 81.1 Å². The molecule has 0 saturated carbocycles. The summed E-state index contributed by atoms with van der Waals surface area (Å²) in [6, 6.07) is 0.583. The van der Waals surface area contributed by atoms with E-state index in [1.54, 1.807) is 0 Å². The van der Waals surface area contributed by atoms with Gasteiger partial charge in [0.05, 0.1) is 6.54 Å². The first-order chi connectivity index (χ1) is 6.11. The van der Waals surface area contributed by atoms with Crippen LogP contribution in [-0.4, -0.2) is 24.8 Å². The average Bonchev–Trinajstić information content (AvgIpc) is 2.34. The summed E-state index contributed by atoms with van der Waals surface area (Å²) in [5.74, 6) is 0. The van der Waals surface area contributed by atoms with Crippen molar-refractivity contribution in [2.75, 3.05) is 13.1 Å². The van der Waals surface area contributed by atoms with Crippen LogP contribution >= 0.6 is 0 Å². The van der Waals surface area contributed by atoms with Crippen LogP contribution in [0, 0.1) is 0 Å². The van der Waals surface area contributed by atoms with Crippen LogP contribution in [0.2, 0.25) is 0 Å². The van der Waals surface area contributed by atoms with E-state index in [2.05, 4.69) is 38.0 Å². The normalized spacial score (nSPS) is 17.2. The topological polar surface area (TPSA) is 24.4 Å². The summed E-state index contributed by atoms with van der Waals surface area (Å²) < 4.78 is 0. The summed E-state index contributed by atoms with van der Waals surface area (Å²) in [5.41, 5.74) is 4.15. The minimum absolute atomic E-state index is 0.583. The number of nitrogens with zero attached hydrogens (tertiary/aromatic N) is 1. The standard InChI is InChI=1S/C11H20N2/c1-8(2)12-6-5-11-9(3)7-13-10(11)4/h8,12H,5-7H2,1-4H3.